The van der Waals surface area contributed by atoms with E-state index in [2.05, 4.69) is 15.9 Å². The number of halogens is 1. The largest absolute Gasteiger partial charge is 0.492 e. The molecule has 0 saturated carbocycles. The van der Waals surface area contributed by atoms with E-state index in [4.69, 9.17) is 9.84 Å². The first-order chi connectivity index (χ1) is 7.20. The average Bonchev–Trinajstić information content (AvgIpc) is 2.40. The number of benzene rings is 1. The van der Waals surface area contributed by atoms with Gasteiger partial charge in [-0.3, -0.25) is 4.79 Å². The molecule has 0 fully saturated rings. The number of aliphatic carboxylic acids is 1. The molecule has 1 heterocycles. The van der Waals surface area contributed by atoms with Crippen LogP contribution in [-0.4, -0.2) is 17.7 Å². The van der Waals surface area contributed by atoms with E-state index in [1.165, 1.54) is 0 Å². The number of rotatable bonds is 1. The van der Waals surface area contributed by atoms with Gasteiger partial charge in [-0.1, -0.05) is 12.1 Å². The first kappa shape index (κ1) is 10.5. The van der Waals surface area contributed by atoms with Crippen LogP contribution in [0.2, 0.25) is 0 Å². The summed E-state index contributed by atoms with van der Waals surface area (Å²) in [5, 5.41) is 9.13. The molecule has 0 spiro atoms. The lowest BCUT2D eigenvalue weighted by molar-refractivity contribution is -0.138. The zero-order chi connectivity index (χ0) is 10.8. The van der Waals surface area contributed by atoms with Gasteiger partial charge in [0.2, 0.25) is 0 Å². The van der Waals surface area contributed by atoms with Crippen LogP contribution < -0.4 is 4.74 Å². The maximum Gasteiger partial charge on any atom is 0.311 e. The molecule has 3 nitrogen and oxygen atoms in total. The number of fused-ring (bicyclic) bond motifs is 1. The first-order valence-electron chi connectivity index (χ1n) is 4.84. The Balaban J connectivity index is 2.49. The monoisotopic (exact) mass is 270 g/mol. The maximum absolute atomic E-state index is 11.1. The topological polar surface area (TPSA) is 46.5 Å². The van der Waals surface area contributed by atoms with Gasteiger partial charge in [0.1, 0.15) is 5.75 Å². The normalized spacial score (nSPS) is 19.9. The van der Waals surface area contributed by atoms with E-state index >= 15 is 0 Å². The van der Waals surface area contributed by atoms with Crippen LogP contribution in [0.1, 0.15) is 24.3 Å². The highest BCUT2D eigenvalue weighted by Gasteiger charge is 2.26. The first-order valence-corrected chi connectivity index (χ1v) is 5.63. The Morgan fingerprint density at radius 1 is 1.53 bits per heavy atom. The van der Waals surface area contributed by atoms with E-state index in [0.717, 1.165) is 16.5 Å². The fourth-order valence-corrected chi connectivity index (χ4v) is 2.32. The van der Waals surface area contributed by atoms with Crippen LogP contribution in [-0.2, 0) is 4.79 Å². The zero-order valence-corrected chi connectivity index (χ0v) is 9.66. The van der Waals surface area contributed by atoms with Gasteiger partial charge in [-0.05, 0) is 34.8 Å². The molecule has 0 radical (unpaired) electrons. The van der Waals surface area contributed by atoms with Crippen LogP contribution in [0.5, 0.6) is 5.75 Å². The van der Waals surface area contributed by atoms with Crippen molar-refractivity contribution in [1.29, 1.82) is 0 Å². The van der Waals surface area contributed by atoms with Crippen LogP contribution in [0.15, 0.2) is 22.7 Å². The standard InChI is InChI=1S/C11H11BrO3/c12-9-5-1-3-7-8(11(13)14)4-2-6-15-10(7)9/h1,3,5,8H,2,4,6H2,(H,13,14). The molecule has 0 amide bonds. The highest BCUT2D eigenvalue weighted by molar-refractivity contribution is 9.10. The van der Waals surface area contributed by atoms with E-state index in [0.29, 0.717) is 18.8 Å². The molecule has 0 aromatic heterocycles. The highest BCUT2D eigenvalue weighted by atomic mass is 79.9. The van der Waals surface area contributed by atoms with Crippen LogP contribution in [0.25, 0.3) is 0 Å². The van der Waals surface area contributed by atoms with E-state index < -0.39 is 11.9 Å². The Morgan fingerprint density at radius 2 is 2.33 bits per heavy atom. The fourth-order valence-electron chi connectivity index (χ4n) is 1.83. The van der Waals surface area contributed by atoms with E-state index in [1.807, 2.05) is 18.2 Å². The molecule has 1 unspecified atom stereocenters. The summed E-state index contributed by atoms with van der Waals surface area (Å²) in [5.74, 6) is -0.540. The lowest BCUT2D eigenvalue weighted by atomic mass is 9.95. The third-order valence-corrected chi connectivity index (χ3v) is 3.18. The fraction of sp³-hybridized carbons (Fsp3) is 0.364. The molecular weight excluding hydrogens is 260 g/mol. The molecule has 1 aliphatic heterocycles. The summed E-state index contributed by atoms with van der Waals surface area (Å²) in [6.07, 6.45) is 1.41. The minimum absolute atomic E-state index is 0.444. The Bertz CT molecular complexity index is 389. The summed E-state index contributed by atoms with van der Waals surface area (Å²) in [7, 11) is 0. The second-order valence-corrected chi connectivity index (χ2v) is 4.39. The molecule has 1 aliphatic rings. The van der Waals surface area contributed by atoms with Crippen molar-refractivity contribution < 1.29 is 14.6 Å². The van der Waals surface area contributed by atoms with Crippen molar-refractivity contribution in [3.63, 3.8) is 0 Å². The third kappa shape index (κ3) is 2.00. The summed E-state index contributed by atoms with van der Waals surface area (Å²) < 4.78 is 6.38. The Kier molecular flexibility index (Phi) is 2.95. The number of hydrogen-bond donors (Lipinski definition) is 1. The molecule has 1 aromatic rings. The summed E-state index contributed by atoms with van der Waals surface area (Å²) in [6.45, 7) is 0.583. The Labute approximate surface area is 96.2 Å². The smallest absolute Gasteiger partial charge is 0.311 e. The van der Waals surface area contributed by atoms with Crippen LogP contribution in [0, 0.1) is 0 Å². The summed E-state index contributed by atoms with van der Waals surface area (Å²) in [4.78, 5) is 11.1. The van der Waals surface area contributed by atoms with Crippen molar-refractivity contribution in [3.8, 4) is 5.75 Å². The van der Waals surface area contributed by atoms with E-state index in [1.54, 1.807) is 0 Å². The molecule has 0 saturated heterocycles. The number of para-hydroxylation sites is 1. The van der Waals surface area contributed by atoms with Crippen molar-refractivity contribution in [3.05, 3.63) is 28.2 Å². The minimum atomic E-state index is -0.778. The molecule has 1 atom stereocenters. The van der Waals surface area contributed by atoms with Crippen molar-refractivity contribution >= 4 is 21.9 Å². The predicted molar refractivity (Wildman–Crippen MR) is 59.2 cm³/mol. The molecule has 80 valence electrons. The molecule has 0 aliphatic carbocycles. The number of carboxylic acids is 1. The average molecular weight is 271 g/mol. The number of carboxylic acid groups (broad SMARTS) is 1. The maximum atomic E-state index is 11.1. The molecule has 15 heavy (non-hydrogen) atoms. The van der Waals surface area contributed by atoms with E-state index in [9.17, 15) is 4.79 Å². The van der Waals surface area contributed by atoms with Crippen molar-refractivity contribution in [1.82, 2.24) is 0 Å². The second-order valence-electron chi connectivity index (χ2n) is 3.54. The minimum Gasteiger partial charge on any atom is -0.492 e. The molecule has 4 heteroatoms. The lowest BCUT2D eigenvalue weighted by Crippen LogP contribution is -2.10. The number of carbonyl (C=O) groups is 1. The SMILES string of the molecule is O=C(O)C1CCCOc2c(Br)cccc21. The number of hydrogen-bond acceptors (Lipinski definition) is 2. The van der Waals surface area contributed by atoms with Gasteiger partial charge in [0.25, 0.3) is 0 Å². The zero-order valence-electron chi connectivity index (χ0n) is 8.07. The van der Waals surface area contributed by atoms with Crippen molar-refractivity contribution in [2.75, 3.05) is 6.61 Å². The van der Waals surface area contributed by atoms with Gasteiger partial charge in [-0.15, -0.1) is 0 Å². The summed E-state index contributed by atoms with van der Waals surface area (Å²) in [5.41, 5.74) is 0.773. The molecule has 1 aromatic carbocycles. The summed E-state index contributed by atoms with van der Waals surface area (Å²) in [6, 6.07) is 5.53. The van der Waals surface area contributed by atoms with Crippen LogP contribution in [0.4, 0.5) is 0 Å². The van der Waals surface area contributed by atoms with Gasteiger partial charge in [0.15, 0.2) is 0 Å². The third-order valence-electron chi connectivity index (χ3n) is 2.55. The van der Waals surface area contributed by atoms with Crippen LogP contribution in [0.3, 0.4) is 0 Å². The van der Waals surface area contributed by atoms with Gasteiger partial charge < -0.3 is 9.84 Å². The lowest BCUT2D eigenvalue weighted by Gasteiger charge is -2.13. The summed E-state index contributed by atoms with van der Waals surface area (Å²) >= 11 is 3.38. The highest BCUT2D eigenvalue weighted by Crippen LogP contribution is 2.38. The Morgan fingerprint density at radius 3 is 3.07 bits per heavy atom. The quantitative estimate of drug-likeness (QED) is 0.854. The van der Waals surface area contributed by atoms with Crippen molar-refractivity contribution in [2.45, 2.75) is 18.8 Å². The van der Waals surface area contributed by atoms with Crippen LogP contribution >= 0.6 is 15.9 Å². The van der Waals surface area contributed by atoms with Crippen molar-refractivity contribution in [2.24, 2.45) is 0 Å². The molecule has 1 N–H and O–H groups in total. The molecular formula is C11H11BrO3. The van der Waals surface area contributed by atoms with Gasteiger partial charge >= 0.3 is 5.97 Å². The second kappa shape index (κ2) is 4.23. The molecule has 2 rings (SSSR count). The number of ether oxygens (including phenoxy) is 1. The van der Waals surface area contributed by atoms with Gasteiger partial charge in [0, 0.05) is 5.56 Å². The van der Waals surface area contributed by atoms with Gasteiger partial charge in [0.05, 0.1) is 17.0 Å². The van der Waals surface area contributed by atoms with Gasteiger partial charge in [-0.25, -0.2) is 0 Å². The predicted octanol–water partition coefficient (Wildman–Crippen LogP) is 2.79. The van der Waals surface area contributed by atoms with E-state index in [-0.39, 0.29) is 0 Å². The molecule has 0 bridgehead atoms. The Hall–Kier alpha value is -1.03. The van der Waals surface area contributed by atoms with Gasteiger partial charge in [-0.2, -0.15) is 0 Å².